The lowest BCUT2D eigenvalue weighted by molar-refractivity contribution is 0.00916. The lowest BCUT2D eigenvalue weighted by Gasteiger charge is -2.18. The van der Waals surface area contributed by atoms with Crippen LogP contribution < -0.4 is 10.6 Å². The van der Waals surface area contributed by atoms with Gasteiger partial charge in [-0.2, -0.15) is 0 Å². The zero-order chi connectivity index (χ0) is 25.1. The van der Waals surface area contributed by atoms with Crippen LogP contribution in [0.3, 0.4) is 0 Å². The van der Waals surface area contributed by atoms with Gasteiger partial charge in [-0.25, -0.2) is 23.9 Å². The molecule has 3 heterocycles. The monoisotopic (exact) mass is 494 g/mol. The molecule has 0 saturated carbocycles. The van der Waals surface area contributed by atoms with Crippen molar-refractivity contribution in [3.63, 3.8) is 0 Å². The molecule has 0 bridgehead atoms. The van der Waals surface area contributed by atoms with Gasteiger partial charge in [0.15, 0.2) is 6.10 Å². The molecule has 2 fully saturated rings. The number of benzene rings is 2. The van der Waals surface area contributed by atoms with Crippen LogP contribution in [0.1, 0.15) is 10.4 Å². The molecule has 0 radical (unpaired) electrons. The maximum Gasteiger partial charge on any atom is 0.412 e. The van der Waals surface area contributed by atoms with Gasteiger partial charge in [0.25, 0.3) is 0 Å². The number of nitrogens with zero attached hydrogens (tertiary/aromatic N) is 2. The second-order valence-corrected chi connectivity index (χ2v) is 8.23. The molecule has 4 unspecified atom stereocenters. The first-order chi connectivity index (χ1) is 17.5. The smallest absolute Gasteiger partial charge is 0.412 e. The summed E-state index contributed by atoms with van der Waals surface area (Å²) in [5.41, 5.74) is 1.68. The highest BCUT2D eigenvalue weighted by molar-refractivity contribution is 5.99. The van der Waals surface area contributed by atoms with Crippen LogP contribution in [0, 0.1) is 5.82 Å². The molecule has 36 heavy (non-hydrogen) atoms. The van der Waals surface area contributed by atoms with E-state index >= 15 is 0 Å². The average molecular weight is 494 g/mol. The largest absolute Gasteiger partial charge is 0.465 e. The Labute approximate surface area is 205 Å². The Bertz CT molecular complexity index is 1270. The van der Waals surface area contributed by atoms with Gasteiger partial charge in [0.2, 0.25) is 5.95 Å². The number of esters is 1. The number of carbonyl (C=O) groups is 2. The molecule has 1 amide bonds. The second kappa shape index (κ2) is 10.3. The predicted molar refractivity (Wildman–Crippen MR) is 126 cm³/mol. The van der Waals surface area contributed by atoms with E-state index < -0.39 is 30.4 Å². The highest BCUT2D eigenvalue weighted by Crippen LogP contribution is 2.31. The molecule has 10 nitrogen and oxygen atoms in total. The molecule has 2 N–H and O–H groups in total. The van der Waals surface area contributed by atoms with Crippen LogP contribution in [0.4, 0.5) is 20.8 Å². The third kappa shape index (κ3) is 4.97. The summed E-state index contributed by atoms with van der Waals surface area (Å²) in [5.74, 6) is -0.584. The van der Waals surface area contributed by atoms with E-state index in [4.69, 9.17) is 18.9 Å². The summed E-state index contributed by atoms with van der Waals surface area (Å²) in [6.45, 7) is 0.430. The molecule has 0 aliphatic carbocycles. The number of hydrogen-bond donors (Lipinski definition) is 2. The summed E-state index contributed by atoms with van der Waals surface area (Å²) >= 11 is 0. The number of hydrogen-bond acceptors (Lipinski definition) is 9. The van der Waals surface area contributed by atoms with Gasteiger partial charge in [-0.3, -0.25) is 5.32 Å². The van der Waals surface area contributed by atoms with Crippen LogP contribution in [-0.2, 0) is 18.9 Å². The number of halogens is 1. The van der Waals surface area contributed by atoms with E-state index in [1.165, 1.54) is 25.3 Å². The molecule has 5 rings (SSSR count). The number of methoxy groups -OCH3 is 1. The Balaban J connectivity index is 1.20. The van der Waals surface area contributed by atoms with E-state index in [0.717, 1.165) is 0 Å². The van der Waals surface area contributed by atoms with E-state index in [2.05, 4.69) is 20.6 Å². The zero-order valence-corrected chi connectivity index (χ0v) is 19.2. The number of aromatic nitrogens is 2. The Morgan fingerprint density at radius 1 is 1.06 bits per heavy atom. The van der Waals surface area contributed by atoms with Crippen LogP contribution in [0.15, 0.2) is 60.8 Å². The number of carbonyl (C=O) groups excluding carboxylic acids is 2. The van der Waals surface area contributed by atoms with Gasteiger partial charge in [-0.1, -0.05) is 24.3 Å². The fraction of sp³-hybridized carbons (Fsp3) is 0.280. The number of para-hydroxylation sites is 1. The van der Waals surface area contributed by atoms with Gasteiger partial charge in [-0.05, 0) is 30.3 Å². The van der Waals surface area contributed by atoms with E-state index in [-0.39, 0.29) is 36.3 Å². The Kier molecular flexibility index (Phi) is 6.74. The molecule has 0 spiro atoms. The molecule has 3 aromatic rings. The normalized spacial score (nSPS) is 22.5. The molecule has 11 heteroatoms. The first-order valence-electron chi connectivity index (χ1n) is 11.3. The van der Waals surface area contributed by atoms with Gasteiger partial charge in [0.05, 0.1) is 43.3 Å². The molecule has 2 aliphatic rings. The lowest BCUT2D eigenvalue weighted by Crippen LogP contribution is -2.38. The number of amides is 1. The van der Waals surface area contributed by atoms with Crippen molar-refractivity contribution < 1.29 is 32.9 Å². The van der Waals surface area contributed by atoms with E-state index in [1.807, 2.05) is 0 Å². The molecular formula is C25H23FN4O6. The quantitative estimate of drug-likeness (QED) is 0.498. The zero-order valence-electron chi connectivity index (χ0n) is 19.2. The first kappa shape index (κ1) is 23.6. The summed E-state index contributed by atoms with van der Waals surface area (Å²) in [6, 6.07) is 14.0. The van der Waals surface area contributed by atoms with Crippen molar-refractivity contribution in [3.8, 4) is 11.3 Å². The number of fused-ring (bicyclic) bond motifs is 1. The Morgan fingerprint density at radius 2 is 1.89 bits per heavy atom. The maximum absolute atomic E-state index is 13.6. The minimum atomic E-state index is -0.744. The second-order valence-electron chi connectivity index (χ2n) is 8.23. The highest BCUT2D eigenvalue weighted by atomic mass is 19.1. The standard InChI is InChI=1S/C25H23FN4O6/c1-33-23(31)16-7-2-3-8-18(16)30-25(32)36-20-13-35-21-19(12-34-22(20)21)29-24-27-10-9-17(28-24)14-5-4-6-15(26)11-14/h2-11,19-22H,12-13H2,1H3,(H,30,32)(H,27,28,29). The molecule has 2 aliphatic heterocycles. The topological polar surface area (TPSA) is 121 Å². The van der Waals surface area contributed by atoms with Crippen molar-refractivity contribution in [1.29, 1.82) is 0 Å². The van der Waals surface area contributed by atoms with Crippen LogP contribution >= 0.6 is 0 Å². The lowest BCUT2D eigenvalue weighted by atomic mass is 10.1. The fourth-order valence-electron chi connectivity index (χ4n) is 4.25. The summed E-state index contributed by atoms with van der Waals surface area (Å²) in [6.07, 6.45) is -0.693. The van der Waals surface area contributed by atoms with Crippen LogP contribution in [0.2, 0.25) is 0 Å². The van der Waals surface area contributed by atoms with Crippen LogP contribution in [-0.4, -0.2) is 66.7 Å². The van der Waals surface area contributed by atoms with Gasteiger partial charge >= 0.3 is 12.1 Å². The average Bonchev–Trinajstić information content (AvgIpc) is 3.47. The first-order valence-corrected chi connectivity index (χ1v) is 11.3. The number of ether oxygens (including phenoxy) is 4. The predicted octanol–water partition coefficient (Wildman–Crippen LogP) is 3.26. The van der Waals surface area contributed by atoms with Gasteiger partial charge in [-0.15, -0.1) is 0 Å². The van der Waals surface area contributed by atoms with Crippen molar-refractivity contribution in [1.82, 2.24) is 9.97 Å². The van der Waals surface area contributed by atoms with Crippen LogP contribution in [0.25, 0.3) is 11.3 Å². The molecule has 4 atom stereocenters. The van der Waals surface area contributed by atoms with Crippen molar-refractivity contribution in [2.24, 2.45) is 0 Å². The SMILES string of the molecule is COC(=O)c1ccccc1NC(=O)OC1COC2C(Nc3nccc(-c4cccc(F)c4)n3)COC12. The van der Waals surface area contributed by atoms with E-state index in [1.54, 1.807) is 42.6 Å². The number of anilines is 2. The summed E-state index contributed by atoms with van der Waals surface area (Å²) < 4.78 is 35.6. The van der Waals surface area contributed by atoms with Gasteiger partial charge < -0.3 is 24.3 Å². The van der Waals surface area contributed by atoms with E-state index in [9.17, 15) is 14.0 Å². The van der Waals surface area contributed by atoms with Gasteiger partial charge in [0, 0.05) is 11.8 Å². The third-order valence-electron chi connectivity index (χ3n) is 5.93. The number of rotatable bonds is 6. The maximum atomic E-state index is 13.6. The third-order valence-corrected chi connectivity index (χ3v) is 5.93. The Morgan fingerprint density at radius 3 is 2.72 bits per heavy atom. The van der Waals surface area contributed by atoms with Crippen molar-refractivity contribution in [2.75, 3.05) is 31.0 Å². The fourth-order valence-corrected chi connectivity index (χ4v) is 4.25. The summed E-state index contributed by atoms with van der Waals surface area (Å²) in [5, 5.41) is 5.78. The molecular weight excluding hydrogens is 471 g/mol. The molecule has 2 aromatic carbocycles. The van der Waals surface area contributed by atoms with Crippen LogP contribution in [0.5, 0.6) is 0 Å². The van der Waals surface area contributed by atoms with Crippen molar-refractivity contribution in [3.05, 3.63) is 72.2 Å². The summed E-state index contributed by atoms with van der Waals surface area (Å²) in [7, 11) is 1.26. The van der Waals surface area contributed by atoms with Gasteiger partial charge in [0.1, 0.15) is 18.0 Å². The van der Waals surface area contributed by atoms with Crippen molar-refractivity contribution >= 4 is 23.7 Å². The van der Waals surface area contributed by atoms with E-state index in [0.29, 0.717) is 17.2 Å². The molecule has 186 valence electrons. The summed E-state index contributed by atoms with van der Waals surface area (Å²) in [4.78, 5) is 33.2. The Hall–Kier alpha value is -4.09. The van der Waals surface area contributed by atoms with Crippen molar-refractivity contribution in [2.45, 2.75) is 24.4 Å². The molecule has 1 aromatic heterocycles. The molecule has 2 saturated heterocycles. The minimum Gasteiger partial charge on any atom is -0.465 e. The highest BCUT2D eigenvalue weighted by Gasteiger charge is 2.49. The number of nitrogens with one attached hydrogen (secondary N) is 2. The minimum absolute atomic E-state index is 0.143.